The van der Waals surface area contributed by atoms with Crippen LogP contribution >= 0.6 is 23.1 Å². The van der Waals surface area contributed by atoms with Crippen molar-refractivity contribution in [3.63, 3.8) is 0 Å². The Labute approximate surface area is 170 Å². The van der Waals surface area contributed by atoms with Crippen LogP contribution in [0.1, 0.15) is 62.2 Å². The second-order valence-electron chi connectivity index (χ2n) is 6.82. The van der Waals surface area contributed by atoms with Crippen LogP contribution in [0.4, 0.5) is 0 Å². The molecule has 0 N–H and O–H groups in total. The number of rotatable bonds is 10. The van der Waals surface area contributed by atoms with Crippen LogP contribution in [0.2, 0.25) is 0 Å². The largest absolute Gasteiger partial charge is 0.282 e. The number of nitrogens with zero attached hydrogens (tertiary/aromatic N) is 1. The van der Waals surface area contributed by atoms with Crippen molar-refractivity contribution in [3.8, 4) is 10.6 Å². The van der Waals surface area contributed by atoms with Gasteiger partial charge in [0.05, 0.1) is 10.2 Å². The lowest BCUT2D eigenvalue weighted by molar-refractivity contribution is 0.108. The summed E-state index contributed by atoms with van der Waals surface area (Å²) in [5, 5.41) is 1.18. The van der Waals surface area contributed by atoms with Crippen LogP contribution in [0.25, 0.3) is 20.8 Å². The molecular formula is C23H27NOS2. The smallest absolute Gasteiger partial charge is 0.219 e. The zero-order valence-corrected chi connectivity index (χ0v) is 17.6. The number of hydrogen-bond acceptors (Lipinski definition) is 4. The summed E-state index contributed by atoms with van der Waals surface area (Å²) in [6.07, 6.45) is 8.99. The van der Waals surface area contributed by atoms with E-state index in [1.807, 2.05) is 42.5 Å². The Kier molecular flexibility index (Phi) is 7.91. The highest BCUT2D eigenvalue weighted by molar-refractivity contribution is 8.14. The molecule has 0 bridgehead atoms. The van der Waals surface area contributed by atoms with Crippen molar-refractivity contribution in [2.45, 2.75) is 51.9 Å². The van der Waals surface area contributed by atoms with Crippen LogP contribution in [-0.4, -0.2) is 15.9 Å². The van der Waals surface area contributed by atoms with E-state index in [0.717, 1.165) is 33.8 Å². The number of aromatic nitrogens is 1. The van der Waals surface area contributed by atoms with Crippen molar-refractivity contribution in [1.29, 1.82) is 0 Å². The SMILES string of the molecule is CCCCCCCCCSC(=O)c1ccc(-c2nc3ccccc3s2)cc1. The van der Waals surface area contributed by atoms with Crippen molar-refractivity contribution in [2.24, 2.45) is 0 Å². The topological polar surface area (TPSA) is 30.0 Å². The third-order valence-corrected chi connectivity index (χ3v) is 6.72. The molecule has 142 valence electrons. The molecule has 0 aliphatic rings. The minimum atomic E-state index is 0.178. The number of carbonyl (C=O) groups is 1. The molecule has 0 saturated heterocycles. The lowest BCUT2D eigenvalue weighted by Gasteiger charge is -2.03. The van der Waals surface area contributed by atoms with Gasteiger partial charge in [-0.3, -0.25) is 4.79 Å². The Hall–Kier alpha value is -1.65. The minimum absolute atomic E-state index is 0.178. The summed E-state index contributed by atoms with van der Waals surface area (Å²) in [5.41, 5.74) is 2.89. The van der Waals surface area contributed by atoms with Crippen LogP contribution in [0.3, 0.4) is 0 Å². The van der Waals surface area contributed by atoms with Crippen molar-refractivity contribution in [1.82, 2.24) is 4.98 Å². The monoisotopic (exact) mass is 397 g/mol. The van der Waals surface area contributed by atoms with Gasteiger partial charge in [0, 0.05) is 16.9 Å². The fourth-order valence-corrected chi connectivity index (χ4v) is 4.86. The number of hydrogen-bond donors (Lipinski definition) is 0. The molecule has 0 saturated carbocycles. The van der Waals surface area contributed by atoms with E-state index in [4.69, 9.17) is 0 Å². The summed E-state index contributed by atoms with van der Waals surface area (Å²) in [7, 11) is 0. The van der Waals surface area contributed by atoms with Gasteiger partial charge in [-0.2, -0.15) is 0 Å². The van der Waals surface area contributed by atoms with Crippen molar-refractivity contribution in [2.75, 3.05) is 5.75 Å². The molecule has 0 fully saturated rings. The zero-order valence-electron chi connectivity index (χ0n) is 15.9. The summed E-state index contributed by atoms with van der Waals surface area (Å²) in [6.45, 7) is 2.24. The van der Waals surface area contributed by atoms with Gasteiger partial charge in [0.25, 0.3) is 0 Å². The molecular weight excluding hydrogens is 370 g/mol. The van der Waals surface area contributed by atoms with E-state index >= 15 is 0 Å². The normalized spacial score (nSPS) is 11.1. The molecule has 4 heteroatoms. The first kappa shape index (κ1) is 20.1. The molecule has 2 nitrogen and oxygen atoms in total. The number of carbonyl (C=O) groups excluding carboxylic acids is 1. The number of benzene rings is 2. The van der Waals surface area contributed by atoms with Crippen LogP contribution < -0.4 is 0 Å². The van der Waals surface area contributed by atoms with E-state index in [1.165, 1.54) is 55.0 Å². The average Bonchev–Trinajstić information content (AvgIpc) is 3.14. The minimum Gasteiger partial charge on any atom is -0.282 e. The molecule has 0 aliphatic heterocycles. The highest BCUT2D eigenvalue weighted by atomic mass is 32.2. The van der Waals surface area contributed by atoms with Gasteiger partial charge in [0.1, 0.15) is 5.01 Å². The van der Waals surface area contributed by atoms with E-state index < -0.39 is 0 Å². The van der Waals surface area contributed by atoms with Gasteiger partial charge in [-0.25, -0.2) is 4.98 Å². The third kappa shape index (κ3) is 5.91. The zero-order chi connectivity index (χ0) is 18.9. The van der Waals surface area contributed by atoms with E-state index in [2.05, 4.69) is 18.0 Å². The predicted octanol–water partition coefficient (Wildman–Crippen LogP) is 7.59. The summed E-state index contributed by atoms with van der Waals surface area (Å²) in [4.78, 5) is 17.0. The van der Waals surface area contributed by atoms with Gasteiger partial charge in [0.15, 0.2) is 0 Å². The van der Waals surface area contributed by atoms with Crippen LogP contribution in [0.15, 0.2) is 48.5 Å². The fourth-order valence-electron chi connectivity index (χ4n) is 3.05. The van der Waals surface area contributed by atoms with E-state index in [0.29, 0.717) is 0 Å². The van der Waals surface area contributed by atoms with Gasteiger partial charge in [0.2, 0.25) is 5.12 Å². The Bertz CT molecular complexity index is 821. The number of para-hydroxylation sites is 1. The summed E-state index contributed by atoms with van der Waals surface area (Å²) >= 11 is 3.14. The van der Waals surface area contributed by atoms with Crippen LogP contribution in [0.5, 0.6) is 0 Å². The Morgan fingerprint density at radius 2 is 1.63 bits per heavy atom. The molecule has 0 unspecified atom stereocenters. The Morgan fingerprint density at radius 3 is 2.37 bits per heavy atom. The van der Waals surface area contributed by atoms with Gasteiger partial charge < -0.3 is 0 Å². The molecule has 0 spiro atoms. The maximum absolute atomic E-state index is 12.4. The molecule has 0 atom stereocenters. The second kappa shape index (κ2) is 10.6. The highest BCUT2D eigenvalue weighted by Gasteiger charge is 2.09. The van der Waals surface area contributed by atoms with Crippen molar-refractivity contribution >= 4 is 38.4 Å². The lowest BCUT2D eigenvalue weighted by atomic mass is 10.1. The summed E-state index contributed by atoms with van der Waals surface area (Å²) in [6, 6.07) is 16.1. The molecule has 2 aromatic carbocycles. The number of thiazole rings is 1. The lowest BCUT2D eigenvalue weighted by Crippen LogP contribution is -1.95. The maximum atomic E-state index is 12.4. The molecule has 0 amide bonds. The average molecular weight is 398 g/mol. The number of unbranched alkanes of at least 4 members (excludes halogenated alkanes) is 6. The molecule has 3 rings (SSSR count). The standard InChI is InChI=1S/C23H27NOS2/c1-2-3-4-5-6-7-10-17-26-23(25)19-15-13-18(14-16-19)22-24-20-11-8-9-12-21(20)27-22/h8-9,11-16H,2-7,10,17H2,1H3. The molecule has 1 heterocycles. The molecule has 3 aromatic rings. The second-order valence-corrected chi connectivity index (χ2v) is 8.92. The van der Waals surface area contributed by atoms with Crippen molar-refractivity contribution in [3.05, 3.63) is 54.1 Å². The predicted molar refractivity (Wildman–Crippen MR) is 120 cm³/mol. The summed E-state index contributed by atoms with van der Waals surface area (Å²) < 4.78 is 1.19. The van der Waals surface area contributed by atoms with Gasteiger partial charge in [-0.15, -0.1) is 11.3 Å². The van der Waals surface area contributed by atoms with Gasteiger partial charge in [-0.05, 0) is 30.7 Å². The highest BCUT2D eigenvalue weighted by Crippen LogP contribution is 2.30. The Morgan fingerprint density at radius 1 is 0.926 bits per heavy atom. The van der Waals surface area contributed by atoms with E-state index in [1.54, 1.807) is 11.3 Å². The first-order chi connectivity index (χ1) is 13.3. The molecule has 0 aliphatic carbocycles. The number of fused-ring (bicyclic) bond motifs is 1. The molecule has 0 radical (unpaired) electrons. The van der Waals surface area contributed by atoms with Crippen LogP contribution in [0, 0.1) is 0 Å². The summed E-state index contributed by atoms with van der Waals surface area (Å²) in [5.74, 6) is 0.923. The fraction of sp³-hybridized carbons (Fsp3) is 0.391. The van der Waals surface area contributed by atoms with Crippen LogP contribution in [-0.2, 0) is 0 Å². The number of thioether (sulfide) groups is 1. The molecule has 27 heavy (non-hydrogen) atoms. The Balaban J connectivity index is 1.46. The quantitative estimate of drug-likeness (QED) is 0.330. The van der Waals surface area contributed by atoms with Crippen molar-refractivity contribution < 1.29 is 4.79 Å². The van der Waals surface area contributed by atoms with Gasteiger partial charge >= 0.3 is 0 Å². The first-order valence-corrected chi connectivity index (χ1v) is 11.7. The van der Waals surface area contributed by atoms with E-state index in [-0.39, 0.29) is 5.12 Å². The maximum Gasteiger partial charge on any atom is 0.219 e. The van der Waals surface area contributed by atoms with Gasteiger partial charge in [-0.1, -0.05) is 81.5 Å². The first-order valence-electron chi connectivity index (χ1n) is 9.91. The third-order valence-electron chi connectivity index (χ3n) is 4.64. The molecule has 1 aromatic heterocycles. The van der Waals surface area contributed by atoms with E-state index in [9.17, 15) is 4.79 Å².